The van der Waals surface area contributed by atoms with Crippen LogP contribution in [0.25, 0.3) is 0 Å². The molecule has 0 unspecified atom stereocenters. The van der Waals surface area contributed by atoms with Crippen molar-refractivity contribution in [2.45, 2.75) is 0 Å². The number of benzene rings is 1. The summed E-state index contributed by atoms with van der Waals surface area (Å²) < 4.78 is 36.6. The van der Waals surface area contributed by atoms with Crippen LogP contribution in [0.5, 0.6) is 5.75 Å². The van der Waals surface area contributed by atoms with E-state index in [4.69, 9.17) is 33.1 Å². The van der Waals surface area contributed by atoms with E-state index in [1.54, 1.807) is 19.2 Å². The summed E-state index contributed by atoms with van der Waals surface area (Å²) in [5, 5.41) is 11.6. The van der Waals surface area contributed by atoms with E-state index in [0.717, 1.165) is 5.69 Å². The summed E-state index contributed by atoms with van der Waals surface area (Å²) in [6, 6.07) is 5.40. The number of aliphatic hydroxyl groups excluding tert-OH is 1. The van der Waals surface area contributed by atoms with Gasteiger partial charge in [-0.2, -0.15) is 8.42 Å². The molecule has 9 heteroatoms. The highest BCUT2D eigenvalue weighted by Crippen LogP contribution is 2.24. The Labute approximate surface area is 105 Å². The lowest BCUT2D eigenvalue weighted by atomic mass is 10.2. The fraction of sp³-hybridized carbons (Fsp3) is 0.333. The van der Waals surface area contributed by atoms with E-state index in [9.17, 15) is 0 Å². The van der Waals surface area contributed by atoms with Crippen molar-refractivity contribution < 1.29 is 27.4 Å². The number of nitrogen functional groups attached to an aromatic ring is 1. The molecular formula is C9H16N2O6S. The molecule has 1 aromatic rings. The highest BCUT2D eigenvalue weighted by atomic mass is 32.3. The molecule has 0 amide bonds. The van der Waals surface area contributed by atoms with Crippen LogP contribution < -0.4 is 15.8 Å². The highest BCUT2D eigenvalue weighted by molar-refractivity contribution is 7.79. The summed E-state index contributed by atoms with van der Waals surface area (Å²) in [7, 11) is -3.10. The molecule has 0 aliphatic rings. The van der Waals surface area contributed by atoms with E-state index in [-0.39, 0.29) is 6.61 Å². The molecule has 8 nitrogen and oxygen atoms in total. The van der Waals surface area contributed by atoms with Gasteiger partial charge in [0.1, 0.15) is 5.75 Å². The Balaban J connectivity index is 0.000000494. The van der Waals surface area contributed by atoms with E-state index in [1.807, 2.05) is 6.07 Å². The molecule has 0 radical (unpaired) electrons. The third-order valence-corrected chi connectivity index (χ3v) is 1.67. The molecule has 6 N–H and O–H groups in total. The van der Waals surface area contributed by atoms with E-state index < -0.39 is 10.4 Å². The molecule has 0 heterocycles. The first-order chi connectivity index (χ1) is 8.27. The zero-order valence-corrected chi connectivity index (χ0v) is 10.5. The van der Waals surface area contributed by atoms with Crippen LogP contribution in [0.2, 0.25) is 0 Å². The van der Waals surface area contributed by atoms with E-state index >= 15 is 0 Å². The van der Waals surface area contributed by atoms with Crippen molar-refractivity contribution in [3.8, 4) is 5.75 Å². The van der Waals surface area contributed by atoms with Crippen LogP contribution in [-0.4, -0.2) is 42.9 Å². The van der Waals surface area contributed by atoms with Crippen LogP contribution in [0.4, 0.5) is 11.4 Å². The lowest BCUT2D eigenvalue weighted by Gasteiger charge is -2.08. The Morgan fingerprint density at radius 1 is 1.39 bits per heavy atom. The van der Waals surface area contributed by atoms with Crippen molar-refractivity contribution in [1.82, 2.24) is 0 Å². The fourth-order valence-corrected chi connectivity index (χ4v) is 1.02. The molecule has 0 bridgehead atoms. The maximum atomic E-state index is 8.74. The minimum atomic E-state index is -4.67. The van der Waals surface area contributed by atoms with E-state index in [2.05, 4.69) is 5.32 Å². The van der Waals surface area contributed by atoms with Gasteiger partial charge in [0, 0.05) is 18.3 Å². The Kier molecular flexibility index (Phi) is 7.05. The maximum absolute atomic E-state index is 8.74. The van der Waals surface area contributed by atoms with Gasteiger partial charge in [-0.1, -0.05) is 0 Å². The van der Waals surface area contributed by atoms with Gasteiger partial charge in [0.05, 0.1) is 19.4 Å². The van der Waals surface area contributed by atoms with Crippen molar-refractivity contribution in [3.63, 3.8) is 0 Å². The Morgan fingerprint density at radius 2 is 1.94 bits per heavy atom. The molecule has 0 saturated heterocycles. The number of nitrogens with one attached hydrogen (secondary N) is 1. The average Bonchev–Trinajstić information content (AvgIpc) is 2.26. The number of rotatable bonds is 4. The number of anilines is 2. The third-order valence-electron chi connectivity index (χ3n) is 1.67. The van der Waals surface area contributed by atoms with Gasteiger partial charge in [-0.3, -0.25) is 9.11 Å². The van der Waals surface area contributed by atoms with Crippen LogP contribution in [0, 0.1) is 0 Å². The van der Waals surface area contributed by atoms with Crippen LogP contribution in [0.15, 0.2) is 18.2 Å². The second-order valence-corrected chi connectivity index (χ2v) is 3.95. The van der Waals surface area contributed by atoms with Gasteiger partial charge < -0.3 is 20.9 Å². The lowest BCUT2D eigenvalue weighted by molar-refractivity contribution is 0.311. The van der Waals surface area contributed by atoms with Gasteiger partial charge in [-0.25, -0.2) is 0 Å². The molecule has 1 aromatic carbocycles. The van der Waals surface area contributed by atoms with Crippen LogP contribution in [-0.2, 0) is 10.4 Å². The van der Waals surface area contributed by atoms with Crippen molar-refractivity contribution in [1.29, 1.82) is 0 Å². The first kappa shape index (κ1) is 16.4. The Morgan fingerprint density at radius 3 is 2.39 bits per heavy atom. The van der Waals surface area contributed by atoms with Crippen LogP contribution in [0.1, 0.15) is 0 Å². The largest absolute Gasteiger partial charge is 0.495 e. The molecule has 104 valence electrons. The van der Waals surface area contributed by atoms with Crippen LogP contribution in [0.3, 0.4) is 0 Å². The van der Waals surface area contributed by atoms with Gasteiger partial charge in [0.25, 0.3) is 0 Å². The molecule has 18 heavy (non-hydrogen) atoms. The van der Waals surface area contributed by atoms with Gasteiger partial charge in [-0.15, -0.1) is 0 Å². The molecule has 0 atom stereocenters. The summed E-state index contributed by atoms with van der Waals surface area (Å²) >= 11 is 0. The smallest absolute Gasteiger partial charge is 0.394 e. The highest BCUT2D eigenvalue weighted by Gasteiger charge is 1.99. The molecule has 0 spiro atoms. The lowest BCUT2D eigenvalue weighted by Crippen LogP contribution is -2.05. The van der Waals surface area contributed by atoms with Gasteiger partial charge in [0.2, 0.25) is 0 Å². The molecule has 0 aliphatic heterocycles. The van der Waals surface area contributed by atoms with Gasteiger partial charge in [0.15, 0.2) is 0 Å². The number of hydrogen-bond acceptors (Lipinski definition) is 6. The first-order valence-electron chi connectivity index (χ1n) is 4.76. The molecule has 0 aliphatic carbocycles. The second-order valence-electron chi connectivity index (χ2n) is 3.05. The minimum Gasteiger partial charge on any atom is -0.495 e. The van der Waals surface area contributed by atoms with Crippen molar-refractivity contribution in [2.75, 3.05) is 31.3 Å². The maximum Gasteiger partial charge on any atom is 0.394 e. The number of nitrogens with two attached hydrogens (primary N) is 1. The first-order valence-corrected chi connectivity index (χ1v) is 6.15. The van der Waals surface area contributed by atoms with Crippen LogP contribution >= 0.6 is 0 Å². The predicted octanol–water partition coefficient (Wildman–Crippen LogP) is 0.0288. The third kappa shape index (κ3) is 8.58. The summed E-state index contributed by atoms with van der Waals surface area (Å²) in [5.74, 6) is 0.642. The van der Waals surface area contributed by atoms with Gasteiger partial charge >= 0.3 is 10.4 Å². The fourth-order valence-electron chi connectivity index (χ4n) is 1.02. The Hall–Kier alpha value is -1.55. The summed E-state index contributed by atoms with van der Waals surface area (Å²) in [5.41, 5.74) is 7.12. The standard InChI is InChI=1S/C9H14N2O2.H2O4S/c1-13-9-6-7(11-4-5-12)2-3-8(9)10;1-5(2,3)4/h2-3,6,11-12H,4-5,10H2,1H3;(H2,1,2,3,4). The zero-order valence-electron chi connectivity index (χ0n) is 9.70. The molecule has 0 saturated carbocycles. The normalized spacial score (nSPS) is 10.2. The van der Waals surface area contributed by atoms with Crippen molar-refractivity contribution >= 4 is 21.8 Å². The number of aliphatic hydroxyl groups is 1. The average molecular weight is 280 g/mol. The molecule has 0 aromatic heterocycles. The molecule has 0 fully saturated rings. The number of methoxy groups -OCH3 is 1. The molecule has 1 rings (SSSR count). The number of ether oxygens (including phenoxy) is 1. The van der Waals surface area contributed by atoms with Gasteiger partial charge in [-0.05, 0) is 12.1 Å². The summed E-state index contributed by atoms with van der Waals surface area (Å²) in [6.07, 6.45) is 0. The minimum absolute atomic E-state index is 0.104. The second kappa shape index (κ2) is 7.71. The SMILES string of the molecule is COc1cc(NCCO)ccc1N.O=S(=O)(O)O. The topological polar surface area (TPSA) is 142 Å². The predicted molar refractivity (Wildman–Crippen MR) is 67.2 cm³/mol. The number of hydrogen-bond donors (Lipinski definition) is 5. The Bertz CT molecular complexity index is 454. The summed E-state index contributed by atoms with van der Waals surface area (Å²) in [4.78, 5) is 0. The van der Waals surface area contributed by atoms with E-state index in [1.165, 1.54) is 0 Å². The molecular weight excluding hydrogens is 264 g/mol. The van der Waals surface area contributed by atoms with Crippen molar-refractivity contribution in [2.24, 2.45) is 0 Å². The van der Waals surface area contributed by atoms with Crippen molar-refractivity contribution in [3.05, 3.63) is 18.2 Å². The van der Waals surface area contributed by atoms with E-state index in [0.29, 0.717) is 18.0 Å². The zero-order chi connectivity index (χ0) is 14.2. The monoisotopic (exact) mass is 280 g/mol. The quantitative estimate of drug-likeness (QED) is 0.384. The summed E-state index contributed by atoms with van der Waals surface area (Å²) in [6.45, 7) is 0.625.